The molecular formula is C24H21F3N2O4S. The molecule has 0 aliphatic carbocycles. The zero-order chi connectivity index (χ0) is 24.6. The predicted molar refractivity (Wildman–Crippen MR) is 121 cm³/mol. The van der Waals surface area contributed by atoms with Crippen LogP contribution in [0, 0.1) is 0 Å². The van der Waals surface area contributed by atoms with E-state index in [0.29, 0.717) is 21.6 Å². The van der Waals surface area contributed by atoms with Crippen molar-refractivity contribution in [3.63, 3.8) is 0 Å². The zero-order valence-electron chi connectivity index (χ0n) is 18.5. The number of nitrogens with zero attached hydrogens (tertiary/aromatic N) is 2. The minimum atomic E-state index is -4.55. The van der Waals surface area contributed by atoms with Crippen LogP contribution in [0.15, 0.2) is 54.9 Å². The molecule has 0 saturated heterocycles. The fourth-order valence-electron chi connectivity index (χ4n) is 3.63. The van der Waals surface area contributed by atoms with Gasteiger partial charge in [0.1, 0.15) is 23.2 Å². The summed E-state index contributed by atoms with van der Waals surface area (Å²) < 4.78 is 52.9. The normalized spacial score (nSPS) is 13.6. The molecule has 4 aromatic rings. The van der Waals surface area contributed by atoms with Crippen molar-refractivity contribution < 1.29 is 32.5 Å². The maximum Gasteiger partial charge on any atom is 0.416 e. The number of aliphatic hydroxyl groups is 1. The molecule has 0 bridgehead atoms. The largest absolute Gasteiger partial charge is 0.484 e. The molecule has 6 nitrogen and oxygen atoms in total. The quantitative estimate of drug-likeness (QED) is 0.331. The Balaban J connectivity index is 1.76. The van der Waals surface area contributed by atoms with E-state index >= 15 is 0 Å². The van der Waals surface area contributed by atoms with Crippen LogP contribution in [0.25, 0.3) is 16.0 Å². The monoisotopic (exact) mass is 490 g/mol. The van der Waals surface area contributed by atoms with Gasteiger partial charge in [-0.1, -0.05) is 24.3 Å². The molecule has 0 spiro atoms. The van der Waals surface area contributed by atoms with Crippen molar-refractivity contribution >= 4 is 28.3 Å². The summed E-state index contributed by atoms with van der Waals surface area (Å²) in [6.45, 7) is 3.14. The van der Waals surface area contributed by atoms with Crippen molar-refractivity contribution in [2.75, 3.05) is 7.11 Å². The molecule has 4 rings (SSSR count). The Kier molecular flexibility index (Phi) is 6.37. The van der Waals surface area contributed by atoms with Crippen molar-refractivity contribution in [1.82, 2.24) is 9.55 Å². The van der Waals surface area contributed by atoms with Crippen LogP contribution >= 0.6 is 11.3 Å². The Bertz CT molecular complexity index is 1340. The first-order valence-corrected chi connectivity index (χ1v) is 11.1. The lowest BCUT2D eigenvalue weighted by molar-refractivity contribution is -0.139. The van der Waals surface area contributed by atoms with E-state index in [0.717, 1.165) is 17.4 Å². The molecule has 2 heterocycles. The van der Waals surface area contributed by atoms with Crippen LogP contribution < -0.4 is 4.74 Å². The number of carbonyl (C=O) groups is 1. The lowest BCUT2D eigenvalue weighted by Gasteiger charge is -2.19. The number of halogens is 3. The average molecular weight is 491 g/mol. The van der Waals surface area contributed by atoms with Crippen LogP contribution in [0.5, 0.6) is 5.75 Å². The summed E-state index contributed by atoms with van der Waals surface area (Å²) >= 11 is 1.06. The number of hydrogen-bond acceptors (Lipinski definition) is 6. The lowest BCUT2D eigenvalue weighted by atomic mass is 10.0. The van der Waals surface area contributed by atoms with Gasteiger partial charge in [-0.2, -0.15) is 13.2 Å². The van der Waals surface area contributed by atoms with Gasteiger partial charge in [0.25, 0.3) is 0 Å². The van der Waals surface area contributed by atoms with E-state index in [2.05, 4.69) is 4.98 Å². The topological polar surface area (TPSA) is 73.6 Å². The summed E-state index contributed by atoms with van der Waals surface area (Å²) in [5, 5.41) is 10.5. The smallest absolute Gasteiger partial charge is 0.416 e. The summed E-state index contributed by atoms with van der Waals surface area (Å²) in [4.78, 5) is 16.9. The van der Waals surface area contributed by atoms with Crippen molar-refractivity contribution in [3.05, 3.63) is 76.4 Å². The van der Waals surface area contributed by atoms with Crippen LogP contribution in [-0.2, 0) is 10.9 Å². The van der Waals surface area contributed by atoms with Gasteiger partial charge in [-0.05, 0) is 37.6 Å². The first-order chi connectivity index (χ1) is 16.1. The Hall–Kier alpha value is -3.37. The molecule has 2 aromatic heterocycles. The van der Waals surface area contributed by atoms with Crippen molar-refractivity contribution in [2.24, 2.45) is 0 Å². The Morgan fingerprint density at radius 1 is 1.15 bits per heavy atom. The maximum atomic E-state index is 13.5. The van der Waals surface area contributed by atoms with Gasteiger partial charge >= 0.3 is 12.1 Å². The highest BCUT2D eigenvalue weighted by Crippen LogP contribution is 2.39. The van der Waals surface area contributed by atoms with Crippen molar-refractivity contribution in [3.8, 4) is 10.8 Å². The summed E-state index contributed by atoms with van der Waals surface area (Å²) in [5.74, 6) is -0.568. The highest BCUT2D eigenvalue weighted by molar-refractivity contribution is 7.16. The molecule has 1 N–H and O–H groups in total. The minimum absolute atomic E-state index is 0.0479. The van der Waals surface area contributed by atoms with E-state index < -0.39 is 29.9 Å². The number of benzene rings is 2. The molecule has 0 aliphatic rings. The molecular weight excluding hydrogens is 469 g/mol. The fraction of sp³-hybridized carbons (Fsp3) is 0.250. The van der Waals surface area contributed by atoms with Gasteiger partial charge in [0.05, 0.1) is 29.8 Å². The van der Waals surface area contributed by atoms with Crippen LogP contribution in [0.2, 0.25) is 0 Å². The second kappa shape index (κ2) is 9.11. The summed E-state index contributed by atoms with van der Waals surface area (Å²) in [7, 11) is 1.22. The summed E-state index contributed by atoms with van der Waals surface area (Å²) in [6, 6.07) is 12.1. The van der Waals surface area contributed by atoms with E-state index in [4.69, 9.17) is 9.47 Å². The second-order valence-corrected chi connectivity index (χ2v) is 8.68. The maximum absolute atomic E-state index is 13.5. The van der Waals surface area contributed by atoms with Crippen LogP contribution in [0.4, 0.5) is 13.2 Å². The molecule has 0 amide bonds. The van der Waals surface area contributed by atoms with Gasteiger partial charge in [0, 0.05) is 11.6 Å². The summed E-state index contributed by atoms with van der Waals surface area (Å²) in [5.41, 5.74) is 1.20. The molecule has 2 aromatic carbocycles. The number of esters is 1. The molecule has 0 radical (unpaired) electrons. The molecule has 178 valence electrons. The third-order valence-corrected chi connectivity index (χ3v) is 6.45. The standard InChI is InChI=1S/C24H21F3N2O4S/c1-13(30)15-8-9-18-19(10-15)29(12-28-18)21-11-20(22(34-21)23(31)32-3)33-14(2)16-6-4-5-7-17(16)24(25,26)27/h4-14,30H,1-3H3. The number of aromatic nitrogens is 2. The molecule has 2 atom stereocenters. The first kappa shape index (κ1) is 23.8. The molecule has 34 heavy (non-hydrogen) atoms. The number of carbonyl (C=O) groups excluding carboxylic acids is 1. The third kappa shape index (κ3) is 4.51. The van der Waals surface area contributed by atoms with E-state index in [-0.39, 0.29) is 16.2 Å². The van der Waals surface area contributed by atoms with Crippen LogP contribution in [-0.4, -0.2) is 27.7 Å². The highest BCUT2D eigenvalue weighted by Gasteiger charge is 2.35. The number of imidazole rings is 1. The van der Waals surface area contributed by atoms with Crippen LogP contribution in [0.3, 0.4) is 0 Å². The highest BCUT2D eigenvalue weighted by atomic mass is 32.1. The second-order valence-electron chi connectivity index (χ2n) is 7.65. The van der Waals surface area contributed by atoms with E-state index in [1.165, 1.54) is 32.2 Å². The van der Waals surface area contributed by atoms with Gasteiger partial charge in [0.2, 0.25) is 0 Å². The van der Waals surface area contributed by atoms with Gasteiger partial charge < -0.3 is 14.6 Å². The van der Waals surface area contributed by atoms with Gasteiger partial charge in [-0.25, -0.2) is 9.78 Å². The molecule has 0 saturated carbocycles. The number of methoxy groups -OCH3 is 1. The van der Waals surface area contributed by atoms with Crippen molar-refractivity contribution in [2.45, 2.75) is 32.2 Å². The van der Waals surface area contributed by atoms with Crippen molar-refractivity contribution in [1.29, 1.82) is 0 Å². The fourth-order valence-corrected chi connectivity index (χ4v) is 4.62. The molecule has 10 heteroatoms. The number of rotatable bonds is 6. The minimum Gasteiger partial charge on any atom is -0.484 e. The molecule has 0 fully saturated rings. The lowest BCUT2D eigenvalue weighted by Crippen LogP contribution is -2.14. The van der Waals surface area contributed by atoms with Gasteiger partial charge in [-0.15, -0.1) is 11.3 Å². The Morgan fingerprint density at radius 2 is 1.88 bits per heavy atom. The Morgan fingerprint density at radius 3 is 2.56 bits per heavy atom. The van der Waals surface area contributed by atoms with Gasteiger partial charge in [-0.3, -0.25) is 4.57 Å². The summed E-state index contributed by atoms with van der Waals surface area (Å²) in [6.07, 6.45) is -4.66. The van der Waals surface area contributed by atoms with Gasteiger partial charge in [0.15, 0.2) is 4.88 Å². The average Bonchev–Trinajstić information content (AvgIpc) is 3.41. The van der Waals surface area contributed by atoms with E-state index in [1.807, 2.05) is 0 Å². The number of hydrogen-bond donors (Lipinski definition) is 1. The third-order valence-electron chi connectivity index (χ3n) is 5.35. The molecule has 0 aliphatic heterocycles. The zero-order valence-corrected chi connectivity index (χ0v) is 19.3. The number of aliphatic hydroxyl groups excluding tert-OH is 1. The number of fused-ring (bicyclic) bond motifs is 1. The Labute approximate surface area is 197 Å². The van der Waals surface area contributed by atoms with Crippen LogP contribution in [0.1, 0.15) is 52.4 Å². The number of ether oxygens (including phenoxy) is 2. The molecule has 2 unspecified atom stereocenters. The number of alkyl halides is 3. The SMILES string of the molecule is COC(=O)c1sc(-n2cnc3ccc(C(C)O)cc32)cc1OC(C)c1ccccc1C(F)(F)F. The number of thiophene rings is 1. The van der Waals surface area contributed by atoms with E-state index in [1.54, 1.807) is 42.1 Å². The van der Waals surface area contributed by atoms with E-state index in [9.17, 15) is 23.1 Å². The first-order valence-electron chi connectivity index (χ1n) is 10.3. The predicted octanol–water partition coefficient (Wildman–Crippen LogP) is 6.09.